The molecule has 1 amide bonds. The Labute approximate surface area is 162 Å². The number of fused-ring (bicyclic) bond motifs is 1. The maximum absolute atomic E-state index is 12.7. The van der Waals surface area contributed by atoms with Crippen LogP contribution in [0.3, 0.4) is 0 Å². The normalized spacial score (nSPS) is 13.4. The molecule has 0 saturated heterocycles. The van der Waals surface area contributed by atoms with Crippen LogP contribution in [-0.4, -0.2) is 32.7 Å². The number of hydrogen-bond donors (Lipinski definition) is 2. The van der Waals surface area contributed by atoms with Crippen LogP contribution < -0.4 is 10.1 Å². The average Bonchev–Trinajstić information content (AvgIpc) is 3.18. The molecule has 0 aliphatic heterocycles. The predicted octanol–water partition coefficient (Wildman–Crippen LogP) is 3.11. The van der Waals surface area contributed by atoms with E-state index in [1.807, 2.05) is 30.3 Å². The van der Waals surface area contributed by atoms with Crippen molar-refractivity contribution in [1.29, 1.82) is 0 Å². The number of methoxy groups -OCH3 is 1. The van der Waals surface area contributed by atoms with E-state index < -0.39 is 0 Å². The Hall–Kier alpha value is -3.61. The fourth-order valence-electron chi connectivity index (χ4n) is 3.08. The first-order valence-corrected chi connectivity index (χ1v) is 9.01. The summed E-state index contributed by atoms with van der Waals surface area (Å²) in [5.41, 5.74) is 3.12. The third-order valence-corrected chi connectivity index (χ3v) is 4.60. The molecule has 2 N–H and O–H groups in total. The van der Waals surface area contributed by atoms with Gasteiger partial charge < -0.3 is 15.2 Å². The van der Waals surface area contributed by atoms with Crippen molar-refractivity contribution in [1.82, 2.24) is 19.9 Å². The van der Waals surface area contributed by atoms with Crippen LogP contribution in [-0.2, 0) is 6.54 Å². The number of hydrogen-bond acceptors (Lipinski definition) is 5. The van der Waals surface area contributed by atoms with Gasteiger partial charge in [0.25, 0.3) is 5.91 Å². The van der Waals surface area contributed by atoms with E-state index in [-0.39, 0.29) is 11.8 Å². The number of aromatic hydroxyl groups is 1. The highest BCUT2D eigenvalue weighted by molar-refractivity contribution is 5.99. The number of nitrogens with one attached hydrogen (secondary N) is 1. The number of benzene rings is 1. The van der Waals surface area contributed by atoms with E-state index >= 15 is 0 Å². The second-order valence-electron chi connectivity index (χ2n) is 6.46. The highest BCUT2D eigenvalue weighted by Gasteiger charge is 2.18. The number of rotatable bonds is 5. The molecule has 0 radical (unpaired) electrons. The summed E-state index contributed by atoms with van der Waals surface area (Å²) < 4.78 is 6.40. The van der Waals surface area contributed by atoms with Crippen molar-refractivity contribution in [2.24, 2.45) is 0 Å². The second kappa shape index (κ2) is 7.56. The summed E-state index contributed by atoms with van der Waals surface area (Å²) in [5, 5.41) is 17.3. The zero-order chi connectivity index (χ0) is 19.5. The van der Waals surface area contributed by atoms with Gasteiger partial charge in [-0.15, -0.1) is 0 Å². The zero-order valence-corrected chi connectivity index (χ0v) is 15.4. The predicted molar refractivity (Wildman–Crippen MR) is 105 cm³/mol. The van der Waals surface area contributed by atoms with Crippen molar-refractivity contribution in [3.8, 4) is 11.6 Å². The van der Waals surface area contributed by atoms with E-state index in [0.717, 1.165) is 29.7 Å². The van der Waals surface area contributed by atoms with Crippen LogP contribution in [0.25, 0.3) is 11.2 Å². The van der Waals surface area contributed by atoms with Crippen LogP contribution >= 0.6 is 0 Å². The molecule has 28 heavy (non-hydrogen) atoms. The fourth-order valence-corrected chi connectivity index (χ4v) is 3.08. The molecule has 1 aliphatic carbocycles. The monoisotopic (exact) mass is 376 g/mol. The highest BCUT2D eigenvalue weighted by Crippen LogP contribution is 2.25. The van der Waals surface area contributed by atoms with Gasteiger partial charge in [-0.3, -0.25) is 4.79 Å². The maximum Gasteiger partial charge on any atom is 0.257 e. The van der Waals surface area contributed by atoms with Gasteiger partial charge in [0, 0.05) is 12.6 Å². The Morgan fingerprint density at radius 3 is 2.82 bits per heavy atom. The fraction of sp³-hybridized carbons (Fsp3) is 0.190. The van der Waals surface area contributed by atoms with Crippen molar-refractivity contribution < 1.29 is 14.6 Å². The van der Waals surface area contributed by atoms with Gasteiger partial charge >= 0.3 is 0 Å². The Bertz CT molecular complexity index is 1080. The van der Waals surface area contributed by atoms with Gasteiger partial charge in [-0.05, 0) is 36.1 Å². The van der Waals surface area contributed by atoms with Gasteiger partial charge in [-0.25, -0.2) is 4.98 Å². The molecule has 7 heteroatoms. The summed E-state index contributed by atoms with van der Waals surface area (Å²) in [7, 11) is 1.61. The zero-order valence-electron chi connectivity index (χ0n) is 15.4. The summed E-state index contributed by atoms with van der Waals surface area (Å²) in [6.45, 7) is 0.361. The number of amides is 1. The lowest BCUT2D eigenvalue weighted by Gasteiger charge is -2.09. The van der Waals surface area contributed by atoms with Gasteiger partial charge in [0.05, 0.1) is 19.0 Å². The van der Waals surface area contributed by atoms with Crippen molar-refractivity contribution in [3.63, 3.8) is 0 Å². The van der Waals surface area contributed by atoms with Crippen LogP contribution in [0.2, 0.25) is 0 Å². The van der Waals surface area contributed by atoms with E-state index in [0.29, 0.717) is 23.4 Å². The molecule has 0 spiro atoms. The molecule has 7 nitrogen and oxygen atoms in total. The van der Waals surface area contributed by atoms with Crippen molar-refractivity contribution >= 4 is 17.1 Å². The van der Waals surface area contributed by atoms with E-state index in [1.54, 1.807) is 13.2 Å². The van der Waals surface area contributed by atoms with E-state index in [2.05, 4.69) is 27.6 Å². The quantitative estimate of drug-likeness (QED) is 0.714. The number of carbonyl (C=O) groups is 1. The molecule has 3 aromatic rings. The molecule has 0 bridgehead atoms. The lowest BCUT2D eigenvalue weighted by Crippen LogP contribution is -2.22. The Morgan fingerprint density at radius 2 is 2.11 bits per heavy atom. The Balaban J connectivity index is 1.58. The smallest absolute Gasteiger partial charge is 0.257 e. The van der Waals surface area contributed by atoms with Crippen LogP contribution in [0.4, 0.5) is 0 Å². The molecule has 4 rings (SSSR count). The molecule has 142 valence electrons. The van der Waals surface area contributed by atoms with Crippen molar-refractivity contribution in [2.75, 3.05) is 7.11 Å². The third-order valence-electron chi connectivity index (χ3n) is 4.60. The summed E-state index contributed by atoms with van der Waals surface area (Å²) in [6.07, 6.45) is 9.44. The second-order valence-corrected chi connectivity index (χ2v) is 6.46. The first kappa shape index (κ1) is 17.8. The largest absolute Gasteiger partial charge is 0.497 e. The molecule has 0 unspecified atom stereocenters. The first-order chi connectivity index (χ1) is 13.7. The minimum atomic E-state index is -0.303. The number of ether oxygens (including phenoxy) is 1. The first-order valence-electron chi connectivity index (χ1n) is 9.01. The maximum atomic E-state index is 12.7. The SMILES string of the molecule is COc1ccc(CNC(=O)c2cnn3c(O)cc(C4=CCCC=C4)nc23)cc1. The molecular formula is C21H20N4O3. The summed E-state index contributed by atoms with van der Waals surface area (Å²) in [5.74, 6) is 0.396. The molecule has 1 aromatic carbocycles. The highest BCUT2D eigenvalue weighted by atomic mass is 16.5. The topological polar surface area (TPSA) is 88.8 Å². The third kappa shape index (κ3) is 3.46. The van der Waals surface area contributed by atoms with Crippen LogP contribution in [0.15, 0.2) is 54.8 Å². The van der Waals surface area contributed by atoms with E-state index in [4.69, 9.17) is 4.74 Å². The number of allylic oxidation sites excluding steroid dienone is 4. The van der Waals surface area contributed by atoms with E-state index in [9.17, 15) is 9.90 Å². The van der Waals surface area contributed by atoms with Crippen LogP contribution in [0, 0.1) is 0 Å². The van der Waals surface area contributed by atoms with Crippen LogP contribution in [0.5, 0.6) is 11.6 Å². The molecule has 2 aromatic heterocycles. The summed E-state index contributed by atoms with van der Waals surface area (Å²) in [6, 6.07) is 9.02. The molecule has 1 aliphatic rings. The molecule has 0 saturated carbocycles. The van der Waals surface area contributed by atoms with Gasteiger partial charge in [-0.1, -0.05) is 30.4 Å². The van der Waals surface area contributed by atoms with Crippen molar-refractivity contribution in [3.05, 3.63) is 71.6 Å². The Morgan fingerprint density at radius 1 is 1.29 bits per heavy atom. The van der Waals surface area contributed by atoms with Gasteiger partial charge in [0.15, 0.2) is 5.65 Å². The van der Waals surface area contributed by atoms with Crippen LogP contribution in [0.1, 0.15) is 34.5 Å². The lowest BCUT2D eigenvalue weighted by molar-refractivity contribution is 0.0952. The molecule has 2 heterocycles. The molecular weight excluding hydrogens is 356 g/mol. The van der Waals surface area contributed by atoms with Gasteiger partial charge in [0.2, 0.25) is 5.88 Å². The van der Waals surface area contributed by atoms with Gasteiger partial charge in [0.1, 0.15) is 11.3 Å². The number of aromatic nitrogens is 3. The Kier molecular flexibility index (Phi) is 4.80. The van der Waals surface area contributed by atoms with Gasteiger partial charge in [-0.2, -0.15) is 9.61 Å². The van der Waals surface area contributed by atoms with E-state index in [1.165, 1.54) is 10.7 Å². The lowest BCUT2D eigenvalue weighted by atomic mass is 10.0. The number of nitrogens with zero attached hydrogens (tertiary/aromatic N) is 3. The standard InChI is InChI=1S/C21H20N4O3/c1-28-16-9-7-14(8-10-16)12-22-21(27)17-13-23-25-19(26)11-18(24-20(17)25)15-5-3-2-4-6-15/h3,5-11,13,26H,2,4,12H2,1H3,(H,22,27). The van der Waals surface area contributed by atoms with Crippen molar-refractivity contribution in [2.45, 2.75) is 19.4 Å². The minimum absolute atomic E-state index is 0.0610. The summed E-state index contributed by atoms with van der Waals surface area (Å²) >= 11 is 0. The number of carbonyl (C=O) groups excluding carboxylic acids is 1. The minimum Gasteiger partial charge on any atom is -0.497 e. The average molecular weight is 376 g/mol. The molecule has 0 atom stereocenters. The molecule has 0 fully saturated rings. The summed E-state index contributed by atoms with van der Waals surface area (Å²) in [4.78, 5) is 17.2.